The van der Waals surface area contributed by atoms with Gasteiger partial charge in [0.15, 0.2) is 0 Å². The Hall–Kier alpha value is -1.34. The maximum atomic E-state index is 11.6. The summed E-state index contributed by atoms with van der Waals surface area (Å²) >= 11 is 0. The molecule has 1 aromatic carbocycles. The molecule has 0 bridgehead atoms. The third-order valence-corrected chi connectivity index (χ3v) is 4.51. The summed E-state index contributed by atoms with van der Waals surface area (Å²) in [6.07, 6.45) is -0.722. The molecule has 0 aliphatic rings. The number of hydrogen-bond acceptors (Lipinski definition) is 5. The Bertz CT molecular complexity index is 474. The van der Waals surface area contributed by atoms with Crippen molar-refractivity contribution in [2.75, 3.05) is 5.75 Å². The number of carbonyl (C=O) groups excluding carboxylic acids is 1. The lowest BCUT2D eigenvalue weighted by Crippen LogP contribution is -2.44. The summed E-state index contributed by atoms with van der Waals surface area (Å²) in [5, 5.41) is 11.5. The van der Waals surface area contributed by atoms with Gasteiger partial charge in [0.1, 0.15) is 11.6 Å². The fourth-order valence-electron chi connectivity index (χ4n) is 1.27. The van der Waals surface area contributed by atoms with Crippen LogP contribution in [0.1, 0.15) is 20.8 Å². The molecule has 0 unspecified atom stereocenters. The van der Waals surface area contributed by atoms with Gasteiger partial charge in [-0.1, -0.05) is 39.8 Å². The lowest BCUT2D eigenvalue weighted by Gasteiger charge is -2.21. The van der Waals surface area contributed by atoms with E-state index in [2.05, 4.69) is 5.32 Å². The number of rotatable bonds is 6. The molecular formula is C14H19NO4S2. The number of benzene rings is 1. The fourth-order valence-corrected chi connectivity index (χ4v) is 3.46. The van der Waals surface area contributed by atoms with Gasteiger partial charge in [-0.3, -0.25) is 0 Å². The van der Waals surface area contributed by atoms with E-state index < -0.39 is 23.7 Å². The van der Waals surface area contributed by atoms with E-state index in [1.165, 1.54) is 21.6 Å². The van der Waals surface area contributed by atoms with Gasteiger partial charge < -0.3 is 15.2 Å². The summed E-state index contributed by atoms with van der Waals surface area (Å²) in [6, 6.07) is 8.64. The molecule has 1 amide bonds. The van der Waals surface area contributed by atoms with Crippen molar-refractivity contribution in [3.05, 3.63) is 30.3 Å². The SMILES string of the molecule is CC(C)(C)OC(=O)N[C@@H](CSSc1ccccc1)C(=O)O. The highest BCUT2D eigenvalue weighted by Crippen LogP contribution is 2.31. The lowest BCUT2D eigenvalue weighted by atomic mass is 10.2. The van der Waals surface area contributed by atoms with Crippen LogP contribution < -0.4 is 5.32 Å². The molecule has 0 radical (unpaired) electrons. The fraction of sp³-hybridized carbons (Fsp3) is 0.429. The van der Waals surface area contributed by atoms with Crippen molar-refractivity contribution < 1.29 is 19.4 Å². The Kier molecular flexibility index (Phi) is 6.91. The maximum absolute atomic E-state index is 11.6. The molecule has 0 saturated heterocycles. The summed E-state index contributed by atoms with van der Waals surface area (Å²) in [4.78, 5) is 23.8. The number of carbonyl (C=O) groups is 2. The molecule has 0 aliphatic heterocycles. The van der Waals surface area contributed by atoms with Crippen LogP contribution in [-0.4, -0.2) is 34.6 Å². The molecule has 5 nitrogen and oxygen atoms in total. The van der Waals surface area contributed by atoms with Gasteiger partial charge in [-0.25, -0.2) is 9.59 Å². The van der Waals surface area contributed by atoms with Crippen LogP contribution in [0.5, 0.6) is 0 Å². The number of hydrogen-bond donors (Lipinski definition) is 2. The Morgan fingerprint density at radius 2 is 1.90 bits per heavy atom. The van der Waals surface area contributed by atoms with E-state index in [1.807, 2.05) is 30.3 Å². The van der Waals surface area contributed by atoms with E-state index in [9.17, 15) is 9.59 Å². The number of nitrogens with one attached hydrogen (secondary N) is 1. The van der Waals surface area contributed by atoms with Crippen molar-refractivity contribution in [1.29, 1.82) is 0 Å². The van der Waals surface area contributed by atoms with Crippen molar-refractivity contribution in [2.24, 2.45) is 0 Å². The van der Waals surface area contributed by atoms with Crippen LogP contribution >= 0.6 is 21.6 Å². The van der Waals surface area contributed by atoms with Crippen LogP contribution in [0.15, 0.2) is 35.2 Å². The second kappa shape index (κ2) is 8.19. The monoisotopic (exact) mass is 329 g/mol. The molecule has 0 spiro atoms. The van der Waals surface area contributed by atoms with Gasteiger partial charge in [-0.15, -0.1) is 0 Å². The van der Waals surface area contributed by atoms with Crippen LogP contribution in [-0.2, 0) is 9.53 Å². The number of carboxylic acid groups (broad SMARTS) is 1. The second-order valence-electron chi connectivity index (χ2n) is 5.22. The Morgan fingerprint density at radius 3 is 2.43 bits per heavy atom. The van der Waals surface area contributed by atoms with Crippen molar-refractivity contribution >= 4 is 33.7 Å². The maximum Gasteiger partial charge on any atom is 0.408 e. The highest BCUT2D eigenvalue weighted by Gasteiger charge is 2.24. The minimum absolute atomic E-state index is 0.244. The van der Waals surface area contributed by atoms with Crippen LogP contribution in [0.25, 0.3) is 0 Å². The standard InChI is InChI=1S/C14H19NO4S2/c1-14(2,3)19-13(18)15-11(12(16)17)9-20-21-10-7-5-4-6-8-10/h4-8,11H,9H2,1-3H3,(H,15,18)(H,16,17)/t11-/m0/s1. The van der Waals surface area contributed by atoms with Crippen molar-refractivity contribution in [1.82, 2.24) is 5.32 Å². The van der Waals surface area contributed by atoms with E-state index >= 15 is 0 Å². The molecule has 1 atom stereocenters. The summed E-state index contributed by atoms with van der Waals surface area (Å²) < 4.78 is 5.05. The molecule has 0 fully saturated rings. The van der Waals surface area contributed by atoms with Gasteiger partial charge in [0.05, 0.1) is 0 Å². The lowest BCUT2D eigenvalue weighted by molar-refractivity contribution is -0.138. The first-order valence-electron chi connectivity index (χ1n) is 6.35. The predicted molar refractivity (Wildman–Crippen MR) is 85.6 cm³/mol. The number of ether oxygens (including phenoxy) is 1. The highest BCUT2D eigenvalue weighted by molar-refractivity contribution is 8.76. The number of alkyl carbamates (subject to hydrolysis) is 1. The van der Waals surface area contributed by atoms with Gasteiger partial charge in [-0.2, -0.15) is 0 Å². The second-order valence-corrected chi connectivity index (χ2v) is 7.63. The quantitative estimate of drug-likeness (QED) is 0.779. The van der Waals surface area contributed by atoms with E-state index in [0.717, 1.165) is 4.90 Å². The van der Waals surface area contributed by atoms with Crippen LogP contribution in [0.3, 0.4) is 0 Å². The zero-order chi connectivity index (χ0) is 15.9. The first-order chi connectivity index (χ1) is 9.78. The number of amides is 1. The molecule has 7 heteroatoms. The molecule has 2 N–H and O–H groups in total. The average Bonchev–Trinajstić information content (AvgIpc) is 2.36. The van der Waals surface area contributed by atoms with Crippen molar-refractivity contribution in [3.8, 4) is 0 Å². The molecule has 21 heavy (non-hydrogen) atoms. The van der Waals surface area contributed by atoms with Crippen molar-refractivity contribution in [2.45, 2.75) is 37.3 Å². The molecule has 0 heterocycles. The minimum atomic E-state index is -1.08. The van der Waals surface area contributed by atoms with Crippen LogP contribution in [0, 0.1) is 0 Å². The van der Waals surface area contributed by atoms with Gasteiger partial charge in [0, 0.05) is 10.6 Å². The summed E-state index contributed by atoms with van der Waals surface area (Å²) in [5.41, 5.74) is -0.654. The van der Waals surface area contributed by atoms with Crippen LogP contribution in [0.4, 0.5) is 4.79 Å². The predicted octanol–water partition coefficient (Wildman–Crippen LogP) is 3.40. The third-order valence-electron chi connectivity index (χ3n) is 2.12. The van der Waals surface area contributed by atoms with Crippen LogP contribution in [0.2, 0.25) is 0 Å². The zero-order valence-electron chi connectivity index (χ0n) is 12.2. The van der Waals surface area contributed by atoms with E-state index in [-0.39, 0.29) is 5.75 Å². The smallest absolute Gasteiger partial charge is 0.408 e. The minimum Gasteiger partial charge on any atom is -0.480 e. The molecule has 1 rings (SSSR count). The topological polar surface area (TPSA) is 75.6 Å². The van der Waals surface area contributed by atoms with Gasteiger partial charge in [0.2, 0.25) is 0 Å². The summed E-state index contributed by atoms with van der Waals surface area (Å²) in [6.45, 7) is 5.17. The molecule has 116 valence electrons. The van der Waals surface area contributed by atoms with Gasteiger partial charge in [-0.05, 0) is 32.9 Å². The average molecular weight is 329 g/mol. The van der Waals surface area contributed by atoms with Gasteiger partial charge in [0.25, 0.3) is 0 Å². The summed E-state index contributed by atoms with van der Waals surface area (Å²) in [7, 11) is 2.84. The Labute approximate surface area is 132 Å². The molecule has 0 aromatic heterocycles. The van der Waals surface area contributed by atoms with E-state index in [4.69, 9.17) is 9.84 Å². The Balaban J connectivity index is 2.43. The first kappa shape index (κ1) is 17.7. The van der Waals surface area contributed by atoms with E-state index in [1.54, 1.807) is 20.8 Å². The zero-order valence-corrected chi connectivity index (χ0v) is 13.8. The number of carboxylic acids is 1. The van der Waals surface area contributed by atoms with E-state index in [0.29, 0.717) is 0 Å². The third kappa shape index (κ3) is 7.87. The first-order valence-corrected chi connectivity index (χ1v) is 8.66. The summed E-state index contributed by atoms with van der Waals surface area (Å²) in [5.74, 6) is -0.837. The van der Waals surface area contributed by atoms with Crippen molar-refractivity contribution in [3.63, 3.8) is 0 Å². The normalized spacial score (nSPS) is 12.5. The molecule has 0 saturated carbocycles. The largest absolute Gasteiger partial charge is 0.480 e. The molecule has 1 aromatic rings. The molecule has 0 aliphatic carbocycles. The number of aliphatic carboxylic acids is 1. The Morgan fingerprint density at radius 1 is 1.29 bits per heavy atom. The highest BCUT2D eigenvalue weighted by atomic mass is 33.1. The molecular weight excluding hydrogens is 310 g/mol. The van der Waals surface area contributed by atoms with Gasteiger partial charge >= 0.3 is 12.1 Å².